The van der Waals surface area contributed by atoms with Gasteiger partial charge in [-0.25, -0.2) is 4.98 Å². The first-order valence-corrected chi connectivity index (χ1v) is 7.79. The van der Waals surface area contributed by atoms with Crippen molar-refractivity contribution in [3.05, 3.63) is 66.5 Å². The van der Waals surface area contributed by atoms with E-state index in [2.05, 4.69) is 20.5 Å². The van der Waals surface area contributed by atoms with Crippen molar-refractivity contribution in [3.8, 4) is 0 Å². The van der Waals surface area contributed by atoms with Crippen molar-refractivity contribution in [3.63, 3.8) is 0 Å². The number of para-hydroxylation sites is 1. The third-order valence-electron chi connectivity index (χ3n) is 2.66. The van der Waals surface area contributed by atoms with Gasteiger partial charge in [-0.05, 0) is 44.2 Å². The topological polar surface area (TPSA) is 130 Å². The van der Waals surface area contributed by atoms with Gasteiger partial charge < -0.3 is 19.8 Å². The van der Waals surface area contributed by atoms with Crippen molar-refractivity contribution in [2.24, 2.45) is 5.10 Å². The third kappa shape index (κ3) is 11.4. The molecule has 1 aromatic carbocycles. The molecule has 0 aliphatic heterocycles. The Balaban J connectivity index is 0.000000697. The summed E-state index contributed by atoms with van der Waals surface area (Å²) in [4.78, 5) is 26.4. The molecule has 3 aromatic rings. The summed E-state index contributed by atoms with van der Waals surface area (Å²) >= 11 is 0. The van der Waals surface area contributed by atoms with E-state index >= 15 is 0 Å². The van der Waals surface area contributed by atoms with E-state index in [0.717, 1.165) is 30.4 Å². The van der Waals surface area contributed by atoms with E-state index in [9.17, 15) is 0 Å². The van der Waals surface area contributed by atoms with Crippen LogP contribution in [-0.4, -0.2) is 28.1 Å². The number of fused-ring (bicyclic) bond motifs is 1. The fourth-order valence-electron chi connectivity index (χ4n) is 1.75. The molecular weight excluding hydrogens is 414 g/mol. The monoisotopic (exact) mass is 430 g/mol. The van der Waals surface area contributed by atoms with Gasteiger partial charge in [0.25, 0.3) is 0 Å². The van der Waals surface area contributed by atoms with E-state index in [1.165, 1.54) is 0 Å². The molecule has 0 aliphatic carbocycles. The van der Waals surface area contributed by atoms with Gasteiger partial charge in [-0.2, -0.15) is 5.10 Å². The zero-order valence-corrected chi connectivity index (χ0v) is 18.5. The Morgan fingerprint density at radius 3 is 2.18 bits per heavy atom. The molecule has 0 fully saturated rings. The van der Waals surface area contributed by atoms with E-state index in [-0.39, 0.29) is 19.5 Å². The minimum atomic E-state index is -1.08. The van der Waals surface area contributed by atoms with Crippen LogP contribution in [0.4, 0.5) is 5.82 Å². The minimum Gasteiger partial charge on any atom is -0.550 e. The first kappa shape index (κ1) is 24.8. The van der Waals surface area contributed by atoms with E-state index in [1.54, 1.807) is 12.4 Å². The number of aromatic nitrogens is 2. The minimum absolute atomic E-state index is 0. The Labute approximate surface area is 175 Å². The molecule has 0 aliphatic rings. The van der Waals surface area contributed by atoms with Gasteiger partial charge in [0.15, 0.2) is 0 Å². The average Bonchev–Trinajstić information content (AvgIpc) is 2.62. The molecule has 8 nitrogen and oxygen atoms in total. The number of carbonyl (C=O) groups excluding carboxylic acids is 2. The number of aliphatic carboxylic acids is 2. The maximum Gasteiger partial charge on any atom is 2.00 e. The van der Waals surface area contributed by atoms with Gasteiger partial charge in [-0.1, -0.05) is 24.3 Å². The van der Waals surface area contributed by atoms with Crippen molar-refractivity contribution >= 4 is 34.9 Å². The quantitative estimate of drug-likeness (QED) is 0.364. The molecule has 0 radical (unpaired) electrons. The molecule has 0 bridgehead atoms. The van der Waals surface area contributed by atoms with Gasteiger partial charge in [0.2, 0.25) is 0 Å². The second-order valence-electron chi connectivity index (χ2n) is 5.00. The molecule has 2 aromatic heterocycles. The number of rotatable bonds is 3. The number of carboxylic acid groups (broad SMARTS) is 2. The molecule has 2 heterocycles. The van der Waals surface area contributed by atoms with Crippen LogP contribution in [0.2, 0.25) is 0 Å². The van der Waals surface area contributed by atoms with Crippen LogP contribution < -0.4 is 15.6 Å². The first-order valence-electron chi connectivity index (χ1n) is 7.79. The molecule has 28 heavy (non-hydrogen) atoms. The number of pyridine rings is 2. The van der Waals surface area contributed by atoms with E-state index in [1.807, 2.05) is 54.6 Å². The summed E-state index contributed by atoms with van der Waals surface area (Å²) in [7, 11) is 0. The molecule has 0 saturated carbocycles. The van der Waals surface area contributed by atoms with Crippen LogP contribution in [0.25, 0.3) is 10.9 Å². The fraction of sp³-hybridized carbons (Fsp3) is 0.105. The summed E-state index contributed by atoms with van der Waals surface area (Å²) in [5, 5.41) is 23.0. The van der Waals surface area contributed by atoms with E-state index in [0.29, 0.717) is 5.82 Å². The Morgan fingerprint density at radius 2 is 1.57 bits per heavy atom. The molecule has 0 amide bonds. The Kier molecular flexibility index (Phi) is 12.4. The second kappa shape index (κ2) is 13.9. The van der Waals surface area contributed by atoms with Crippen LogP contribution in [0.1, 0.15) is 19.5 Å². The van der Waals surface area contributed by atoms with Crippen molar-refractivity contribution in [1.82, 2.24) is 9.97 Å². The van der Waals surface area contributed by atoms with Gasteiger partial charge >= 0.3 is 19.5 Å². The predicted molar refractivity (Wildman–Crippen MR) is 98.6 cm³/mol. The summed E-state index contributed by atoms with van der Waals surface area (Å²) in [5.41, 5.74) is 4.65. The number of hydrazone groups is 1. The molecule has 0 unspecified atom stereocenters. The number of carboxylic acids is 2. The van der Waals surface area contributed by atoms with Crippen molar-refractivity contribution in [1.29, 1.82) is 0 Å². The summed E-state index contributed by atoms with van der Waals surface area (Å²) in [5.74, 6) is -1.45. The summed E-state index contributed by atoms with van der Waals surface area (Å²) < 4.78 is 0. The number of hydrogen-bond donors (Lipinski definition) is 1. The van der Waals surface area contributed by atoms with Crippen LogP contribution in [0.3, 0.4) is 0 Å². The normalized spacial score (nSPS) is 9.21. The fourth-order valence-corrected chi connectivity index (χ4v) is 1.75. The maximum absolute atomic E-state index is 8.89. The van der Waals surface area contributed by atoms with Crippen LogP contribution in [0, 0.1) is 0 Å². The molecule has 0 spiro atoms. The summed E-state index contributed by atoms with van der Waals surface area (Å²) in [6, 6.07) is 17.6. The summed E-state index contributed by atoms with van der Waals surface area (Å²) in [6.45, 7) is 1.94. The Hall–Kier alpha value is -3.19. The number of hydrogen-bond acceptors (Lipinski definition) is 8. The van der Waals surface area contributed by atoms with Crippen molar-refractivity contribution in [2.75, 3.05) is 5.43 Å². The average molecular weight is 432 g/mol. The van der Waals surface area contributed by atoms with Gasteiger partial charge in [-0.3, -0.25) is 10.4 Å². The second-order valence-corrected chi connectivity index (χ2v) is 5.00. The zero-order valence-electron chi connectivity index (χ0n) is 15.5. The number of nitrogens with one attached hydrogen (secondary N) is 1. The molecular formula is C19H18N4O4Zn. The number of carbonyl (C=O) groups is 2. The summed E-state index contributed by atoms with van der Waals surface area (Å²) in [6.07, 6.45) is 3.40. The molecule has 9 heteroatoms. The number of nitrogens with zero attached hydrogens (tertiary/aromatic N) is 3. The van der Waals surface area contributed by atoms with Gasteiger partial charge in [-0.15, -0.1) is 0 Å². The van der Waals surface area contributed by atoms with Gasteiger partial charge in [0.1, 0.15) is 5.82 Å². The SMILES string of the molecule is C(=N\Nc1ccc2ccccc2n1)/c1ccccn1.CC(=O)[O-].CC(=O)[O-].[Zn+2]. The van der Waals surface area contributed by atoms with Crippen LogP contribution in [0.15, 0.2) is 65.9 Å². The molecule has 1 N–H and O–H groups in total. The standard InChI is InChI=1S/C15H12N4.2C2H4O2.Zn/c1-2-7-14-12(5-1)8-9-15(18-14)19-17-11-13-6-3-4-10-16-13;2*1-2(3)4;/h1-11H,(H,18,19);2*1H3,(H,3,4);/q;;;+2/p-2/b17-11+;;;. The Bertz CT molecular complexity index is 885. The molecule has 0 saturated heterocycles. The largest absolute Gasteiger partial charge is 2.00 e. The van der Waals surface area contributed by atoms with Crippen LogP contribution in [-0.2, 0) is 29.1 Å². The van der Waals surface area contributed by atoms with Gasteiger partial charge in [0, 0.05) is 23.5 Å². The maximum atomic E-state index is 8.89. The Morgan fingerprint density at radius 1 is 0.964 bits per heavy atom. The molecule has 140 valence electrons. The van der Waals surface area contributed by atoms with Crippen molar-refractivity contribution in [2.45, 2.75) is 13.8 Å². The first-order chi connectivity index (χ1) is 12.9. The van der Waals surface area contributed by atoms with Crippen molar-refractivity contribution < 1.29 is 39.3 Å². The number of benzene rings is 1. The van der Waals surface area contributed by atoms with Crippen LogP contribution in [0.5, 0.6) is 0 Å². The predicted octanol–water partition coefficient (Wildman–Crippen LogP) is 0.586. The third-order valence-corrected chi connectivity index (χ3v) is 2.66. The van der Waals surface area contributed by atoms with E-state index < -0.39 is 11.9 Å². The zero-order chi connectivity index (χ0) is 20.1. The van der Waals surface area contributed by atoms with Crippen LogP contribution >= 0.6 is 0 Å². The van der Waals surface area contributed by atoms with E-state index in [4.69, 9.17) is 19.8 Å². The molecule has 3 rings (SSSR count). The molecule has 0 atom stereocenters. The van der Waals surface area contributed by atoms with Gasteiger partial charge in [0.05, 0.1) is 17.4 Å². The number of anilines is 1. The smallest absolute Gasteiger partial charge is 0.550 e.